The first-order valence-electron chi connectivity index (χ1n) is 9.45. The van der Waals surface area contributed by atoms with Crippen LogP contribution < -0.4 is 9.47 Å². The van der Waals surface area contributed by atoms with E-state index in [9.17, 15) is 0 Å². The van der Waals surface area contributed by atoms with Crippen LogP contribution in [0.25, 0.3) is 0 Å². The number of ether oxygens (including phenoxy) is 2. The Balaban J connectivity index is 1.60. The molecule has 0 radical (unpaired) electrons. The SMILES string of the molecule is COc1ccc([C@H]2Oc3c(Cl)cc(Cl)cc3[C@H]3CC(c4ccc(Br)cc4)=NN32)cc1. The topological polar surface area (TPSA) is 34.1 Å². The van der Waals surface area contributed by atoms with Gasteiger partial charge in [0.15, 0.2) is 0 Å². The van der Waals surface area contributed by atoms with E-state index >= 15 is 0 Å². The molecule has 0 unspecified atom stereocenters. The summed E-state index contributed by atoms with van der Waals surface area (Å²) >= 11 is 16.3. The summed E-state index contributed by atoms with van der Waals surface area (Å²) in [7, 11) is 1.65. The number of rotatable bonds is 3. The van der Waals surface area contributed by atoms with Crippen LogP contribution in [0, 0.1) is 0 Å². The number of halogens is 3. The molecular formula is C23H17BrCl2N2O2. The van der Waals surface area contributed by atoms with E-state index in [1.165, 1.54) is 0 Å². The van der Waals surface area contributed by atoms with Gasteiger partial charge in [0.1, 0.15) is 11.5 Å². The van der Waals surface area contributed by atoms with E-state index < -0.39 is 6.23 Å². The Morgan fingerprint density at radius 3 is 2.50 bits per heavy atom. The van der Waals surface area contributed by atoms with Crippen molar-refractivity contribution in [2.75, 3.05) is 7.11 Å². The molecule has 2 heterocycles. The first-order valence-corrected chi connectivity index (χ1v) is 11.0. The van der Waals surface area contributed by atoms with E-state index in [4.69, 9.17) is 37.8 Å². The van der Waals surface area contributed by atoms with Crippen molar-refractivity contribution in [2.24, 2.45) is 5.10 Å². The van der Waals surface area contributed by atoms with Crippen LogP contribution in [-0.2, 0) is 0 Å². The first-order chi connectivity index (χ1) is 14.5. The van der Waals surface area contributed by atoms with Crippen LogP contribution in [0.4, 0.5) is 0 Å². The van der Waals surface area contributed by atoms with E-state index in [1.54, 1.807) is 13.2 Å². The van der Waals surface area contributed by atoms with Crippen molar-refractivity contribution < 1.29 is 9.47 Å². The second-order valence-electron chi connectivity index (χ2n) is 7.20. The molecule has 152 valence electrons. The summed E-state index contributed by atoms with van der Waals surface area (Å²) in [6.45, 7) is 0. The zero-order valence-electron chi connectivity index (χ0n) is 16.0. The highest BCUT2D eigenvalue weighted by Crippen LogP contribution is 2.50. The maximum atomic E-state index is 6.52. The zero-order chi connectivity index (χ0) is 20.8. The second kappa shape index (κ2) is 7.80. The Morgan fingerprint density at radius 2 is 1.80 bits per heavy atom. The largest absolute Gasteiger partial charge is 0.497 e. The molecule has 2 aliphatic heterocycles. The van der Waals surface area contributed by atoms with Crippen molar-refractivity contribution in [3.8, 4) is 11.5 Å². The van der Waals surface area contributed by atoms with Gasteiger partial charge in [0.05, 0.1) is 23.9 Å². The summed E-state index contributed by atoms with van der Waals surface area (Å²) in [6.07, 6.45) is 0.335. The van der Waals surface area contributed by atoms with Crippen molar-refractivity contribution >= 4 is 44.8 Å². The smallest absolute Gasteiger partial charge is 0.213 e. The number of nitrogens with zero attached hydrogens (tertiary/aromatic N) is 2. The lowest BCUT2D eigenvalue weighted by molar-refractivity contribution is -0.0189. The highest BCUT2D eigenvalue weighted by atomic mass is 79.9. The van der Waals surface area contributed by atoms with Gasteiger partial charge in [-0.15, -0.1) is 0 Å². The highest BCUT2D eigenvalue weighted by Gasteiger charge is 2.42. The summed E-state index contributed by atoms with van der Waals surface area (Å²) in [5.41, 5.74) is 4.00. The van der Waals surface area contributed by atoms with Crippen LogP contribution >= 0.6 is 39.1 Å². The molecule has 0 saturated carbocycles. The summed E-state index contributed by atoms with van der Waals surface area (Å²) in [6, 6.07) is 19.6. The monoisotopic (exact) mass is 502 g/mol. The summed E-state index contributed by atoms with van der Waals surface area (Å²) in [4.78, 5) is 0. The Morgan fingerprint density at radius 1 is 1.07 bits per heavy atom. The fourth-order valence-electron chi connectivity index (χ4n) is 3.92. The molecule has 7 heteroatoms. The molecule has 0 spiro atoms. The van der Waals surface area contributed by atoms with Crippen LogP contribution in [0.15, 0.2) is 70.2 Å². The van der Waals surface area contributed by atoms with Crippen molar-refractivity contribution in [3.05, 3.63) is 91.9 Å². The molecule has 0 aliphatic carbocycles. The number of hydrogen-bond donors (Lipinski definition) is 0. The molecule has 2 aliphatic rings. The number of hydrazone groups is 1. The standard InChI is InChI=1S/C23H17BrCl2N2O2/c1-29-17-8-4-14(5-9-17)23-28-21(18-10-16(25)11-19(26)22(18)30-23)12-20(27-28)13-2-6-15(24)7-3-13/h2-11,21,23H,12H2,1H3/t21-,23-/m1/s1. The van der Waals surface area contributed by atoms with Crippen LogP contribution in [0.5, 0.6) is 11.5 Å². The van der Waals surface area contributed by atoms with Gasteiger partial charge in [-0.2, -0.15) is 5.10 Å². The second-order valence-corrected chi connectivity index (χ2v) is 8.96. The lowest BCUT2D eigenvalue weighted by Crippen LogP contribution is -2.33. The minimum Gasteiger partial charge on any atom is -0.497 e. The van der Waals surface area contributed by atoms with Gasteiger partial charge in [0.2, 0.25) is 6.23 Å². The van der Waals surface area contributed by atoms with Crippen LogP contribution in [0.1, 0.15) is 35.4 Å². The third-order valence-corrected chi connectivity index (χ3v) is 6.41. The van der Waals surface area contributed by atoms with Gasteiger partial charge >= 0.3 is 0 Å². The molecule has 0 bridgehead atoms. The van der Waals surface area contributed by atoms with Crippen molar-refractivity contribution in [1.82, 2.24) is 5.01 Å². The summed E-state index contributed by atoms with van der Waals surface area (Å²) in [5.74, 6) is 1.45. The van der Waals surface area contributed by atoms with E-state index in [0.717, 1.165) is 39.0 Å². The van der Waals surface area contributed by atoms with Crippen molar-refractivity contribution in [2.45, 2.75) is 18.7 Å². The van der Waals surface area contributed by atoms with E-state index in [-0.39, 0.29) is 6.04 Å². The summed E-state index contributed by atoms with van der Waals surface area (Å²) < 4.78 is 12.7. The third-order valence-electron chi connectivity index (χ3n) is 5.39. The average Bonchev–Trinajstić information content (AvgIpc) is 3.20. The molecule has 2 atom stereocenters. The minimum absolute atomic E-state index is 0.0179. The predicted molar refractivity (Wildman–Crippen MR) is 123 cm³/mol. The van der Waals surface area contributed by atoms with Gasteiger partial charge in [0, 0.05) is 27.0 Å². The summed E-state index contributed by atoms with van der Waals surface area (Å²) in [5, 5.41) is 8.06. The highest BCUT2D eigenvalue weighted by molar-refractivity contribution is 9.10. The Bertz CT molecular complexity index is 1130. The maximum Gasteiger partial charge on any atom is 0.213 e. The van der Waals surface area contributed by atoms with Gasteiger partial charge in [-0.3, -0.25) is 0 Å². The molecule has 3 aromatic carbocycles. The van der Waals surface area contributed by atoms with Crippen LogP contribution in [0.3, 0.4) is 0 Å². The van der Waals surface area contributed by atoms with Gasteiger partial charge in [-0.1, -0.05) is 51.3 Å². The zero-order valence-corrected chi connectivity index (χ0v) is 19.1. The molecule has 0 aromatic heterocycles. The number of benzene rings is 3. The fourth-order valence-corrected chi connectivity index (χ4v) is 4.74. The Labute approximate surface area is 193 Å². The average molecular weight is 504 g/mol. The molecule has 4 nitrogen and oxygen atoms in total. The molecule has 0 N–H and O–H groups in total. The van der Waals surface area contributed by atoms with E-state index in [1.807, 2.05) is 47.5 Å². The molecule has 0 amide bonds. The number of methoxy groups -OCH3 is 1. The van der Waals surface area contributed by atoms with Crippen LogP contribution in [0.2, 0.25) is 10.0 Å². The lowest BCUT2D eigenvalue weighted by Gasteiger charge is -2.38. The van der Waals surface area contributed by atoms with Gasteiger partial charge in [0.25, 0.3) is 0 Å². The van der Waals surface area contributed by atoms with Gasteiger partial charge in [-0.05, 0) is 54.1 Å². The molecule has 30 heavy (non-hydrogen) atoms. The minimum atomic E-state index is -0.403. The fraction of sp³-hybridized carbons (Fsp3) is 0.174. The molecule has 5 rings (SSSR count). The normalized spacial score (nSPS) is 19.6. The number of fused-ring (bicyclic) bond motifs is 3. The molecule has 3 aromatic rings. The van der Waals surface area contributed by atoms with E-state index in [0.29, 0.717) is 15.8 Å². The predicted octanol–water partition coefficient (Wildman–Crippen LogP) is 7.01. The molecular weight excluding hydrogens is 487 g/mol. The van der Waals surface area contributed by atoms with Crippen molar-refractivity contribution in [3.63, 3.8) is 0 Å². The molecule has 0 fully saturated rings. The lowest BCUT2D eigenvalue weighted by atomic mass is 9.96. The van der Waals surface area contributed by atoms with Gasteiger partial charge in [-0.25, -0.2) is 5.01 Å². The third kappa shape index (κ3) is 3.45. The maximum absolute atomic E-state index is 6.52. The van der Waals surface area contributed by atoms with Crippen molar-refractivity contribution in [1.29, 1.82) is 0 Å². The Hall–Kier alpha value is -2.21. The number of hydrogen-bond acceptors (Lipinski definition) is 4. The van der Waals surface area contributed by atoms with Crippen LogP contribution in [-0.4, -0.2) is 17.8 Å². The quantitative estimate of drug-likeness (QED) is 0.385. The van der Waals surface area contributed by atoms with E-state index in [2.05, 4.69) is 28.1 Å². The van der Waals surface area contributed by atoms with Gasteiger partial charge < -0.3 is 9.47 Å². The first kappa shape index (κ1) is 19.7. The Kier molecular flexibility index (Phi) is 5.13. The molecule has 0 saturated heterocycles.